The Kier molecular flexibility index (Phi) is 10.2. The molecular formula is C70H50. The highest BCUT2D eigenvalue weighted by molar-refractivity contribution is 6.24. The van der Waals surface area contributed by atoms with E-state index in [9.17, 15) is 0 Å². The zero-order chi connectivity index (χ0) is 46.6. The molecular weight excluding hydrogens is 841 g/mol. The average Bonchev–Trinajstić information content (AvgIpc) is 3.72. The summed E-state index contributed by atoms with van der Waals surface area (Å²) in [6.07, 6.45) is 2.06. The lowest BCUT2D eigenvalue weighted by Gasteiger charge is -2.33. The molecule has 13 rings (SSSR count). The summed E-state index contributed by atoms with van der Waals surface area (Å²) >= 11 is 0. The van der Waals surface area contributed by atoms with E-state index in [1.807, 2.05) is 0 Å². The summed E-state index contributed by atoms with van der Waals surface area (Å²) in [5.74, 6) is 0. The first-order valence-electron chi connectivity index (χ1n) is 24.8. The van der Waals surface area contributed by atoms with Gasteiger partial charge in [-0.3, -0.25) is 0 Å². The second kappa shape index (κ2) is 17.2. The van der Waals surface area contributed by atoms with E-state index in [-0.39, 0.29) is 5.41 Å². The van der Waals surface area contributed by atoms with Crippen molar-refractivity contribution in [2.45, 2.75) is 25.2 Å². The first-order chi connectivity index (χ1) is 34.7. The molecule has 0 aromatic heterocycles. The first-order valence-corrected chi connectivity index (χ1v) is 24.8. The Bertz CT molecular complexity index is 3820. The van der Waals surface area contributed by atoms with Gasteiger partial charge >= 0.3 is 0 Å². The second-order valence-electron chi connectivity index (χ2n) is 19.0. The molecule has 0 heteroatoms. The molecule has 0 spiro atoms. The van der Waals surface area contributed by atoms with Crippen molar-refractivity contribution in [2.24, 2.45) is 0 Å². The number of benzene rings is 12. The zero-order valence-corrected chi connectivity index (χ0v) is 39.2. The molecule has 0 heterocycles. The van der Waals surface area contributed by atoms with E-state index in [2.05, 4.69) is 268 Å². The molecule has 0 nitrogen and oxygen atoms in total. The van der Waals surface area contributed by atoms with Crippen LogP contribution in [0.25, 0.3) is 110 Å². The Morgan fingerprint density at radius 3 is 1.30 bits per heavy atom. The van der Waals surface area contributed by atoms with E-state index in [4.69, 9.17) is 0 Å². The maximum Gasteiger partial charge on any atom is 0.0463 e. The van der Waals surface area contributed by atoms with Gasteiger partial charge in [-0.2, -0.15) is 0 Å². The van der Waals surface area contributed by atoms with Gasteiger partial charge in [0.1, 0.15) is 0 Å². The summed E-state index contributed by atoms with van der Waals surface area (Å²) in [4.78, 5) is 0. The van der Waals surface area contributed by atoms with Crippen LogP contribution < -0.4 is 0 Å². The van der Waals surface area contributed by atoms with Crippen LogP contribution in [-0.4, -0.2) is 0 Å². The second-order valence-corrected chi connectivity index (χ2v) is 19.0. The Balaban J connectivity index is 1.02. The normalized spacial score (nSPS) is 14.0. The Labute approximate surface area is 410 Å². The predicted octanol–water partition coefficient (Wildman–Crippen LogP) is 19.3. The molecule has 0 amide bonds. The highest BCUT2D eigenvalue weighted by Crippen LogP contribution is 2.57. The van der Waals surface area contributed by atoms with Crippen LogP contribution in [0.15, 0.2) is 261 Å². The van der Waals surface area contributed by atoms with Crippen molar-refractivity contribution in [2.75, 3.05) is 0 Å². The third-order valence-electron chi connectivity index (χ3n) is 15.1. The topological polar surface area (TPSA) is 0 Å². The molecule has 330 valence electrons. The monoisotopic (exact) mass is 890 g/mol. The van der Waals surface area contributed by atoms with Gasteiger partial charge in [-0.1, -0.05) is 244 Å². The minimum atomic E-state index is -0.309. The fraction of sp³-hybridized carbons (Fsp3) is 0.0571. The van der Waals surface area contributed by atoms with Crippen molar-refractivity contribution in [1.82, 2.24) is 0 Å². The van der Waals surface area contributed by atoms with Crippen LogP contribution in [-0.2, 0) is 5.41 Å². The standard InChI is InChI=1S/C70H50/c1-2-41-70(55-28-20-27-50(45-55)47-21-6-3-7-22-47)66-36-19-18-31-59(66)60-38-37-51(46-67(60)70)68-61-32-14-16-34-63(61)69(64-35-17-15-33-62(64)68)65-40-39-56(57-29-12-13-30-58(57)65)54-43-52(48-23-8-4-9-24-48)42-53(44-54)49-25-10-5-11-26-49/h3-40,42-46H,2,41H2,1H3. The minimum absolute atomic E-state index is 0.309. The summed E-state index contributed by atoms with van der Waals surface area (Å²) in [5, 5.41) is 7.51. The van der Waals surface area contributed by atoms with Crippen molar-refractivity contribution >= 4 is 32.3 Å². The van der Waals surface area contributed by atoms with E-state index >= 15 is 0 Å². The number of fused-ring (bicyclic) bond motifs is 6. The maximum atomic E-state index is 2.56. The van der Waals surface area contributed by atoms with Crippen molar-refractivity contribution in [3.8, 4) is 77.9 Å². The molecule has 0 aliphatic heterocycles. The third kappa shape index (κ3) is 6.74. The van der Waals surface area contributed by atoms with Crippen molar-refractivity contribution in [1.29, 1.82) is 0 Å². The van der Waals surface area contributed by atoms with Gasteiger partial charge in [0.25, 0.3) is 0 Å². The van der Waals surface area contributed by atoms with Gasteiger partial charge < -0.3 is 0 Å². The maximum absolute atomic E-state index is 2.56. The first kappa shape index (κ1) is 41.6. The summed E-state index contributed by atoms with van der Waals surface area (Å²) < 4.78 is 0. The van der Waals surface area contributed by atoms with Crippen LogP contribution >= 0.6 is 0 Å². The van der Waals surface area contributed by atoms with Gasteiger partial charge in [-0.05, 0) is 164 Å². The molecule has 12 aromatic rings. The lowest BCUT2D eigenvalue weighted by atomic mass is 9.68. The van der Waals surface area contributed by atoms with Gasteiger partial charge in [0.05, 0.1) is 0 Å². The smallest absolute Gasteiger partial charge is 0.0463 e. The summed E-state index contributed by atoms with van der Waals surface area (Å²) in [6.45, 7) is 2.34. The average molecular weight is 891 g/mol. The number of rotatable bonds is 9. The predicted molar refractivity (Wildman–Crippen MR) is 298 cm³/mol. The van der Waals surface area contributed by atoms with E-state index < -0.39 is 0 Å². The van der Waals surface area contributed by atoms with E-state index in [0.717, 1.165) is 12.8 Å². The molecule has 12 aromatic carbocycles. The van der Waals surface area contributed by atoms with Crippen LogP contribution in [0.5, 0.6) is 0 Å². The van der Waals surface area contributed by atoms with Gasteiger partial charge in [0.15, 0.2) is 0 Å². The quantitative estimate of drug-likeness (QED) is 0.127. The highest BCUT2D eigenvalue weighted by atomic mass is 14.5. The van der Waals surface area contributed by atoms with Crippen LogP contribution in [0.1, 0.15) is 36.5 Å². The third-order valence-corrected chi connectivity index (χ3v) is 15.1. The van der Waals surface area contributed by atoms with E-state index in [0.29, 0.717) is 0 Å². The highest BCUT2D eigenvalue weighted by Gasteiger charge is 2.44. The van der Waals surface area contributed by atoms with E-state index in [1.165, 1.54) is 127 Å². The molecule has 70 heavy (non-hydrogen) atoms. The van der Waals surface area contributed by atoms with Crippen molar-refractivity contribution in [3.63, 3.8) is 0 Å². The molecule has 0 radical (unpaired) electrons. The number of hydrogen-bond donors (Lipinski definition) is 0. The van der Waals surface area contributed by atoms with Gasteiger partial charge in [-0.25, -0.2) is 0 Å². The molecule has 1 aliphatic carbocycles. The largest absolute Gasteiger partial charge is 0.0653 e. The molecule has 0 fully saturated rings. The van der Waals surface area contributed by atoms with Crippen LogP contribution in [0, 0.1) is 0 Å². The fourth-order valence-electron chi connectivity index (χ4n) is 12.1. The Morgan fingerprint density at radius 2 is 0.700 bits per heavy atom. The SMILES string of the molecule is CCCC1(c2cccc(-c3ccccc3)c2)c2ccccc2-c2ccc(-c3c4ccccc4c(-c4ccc(-c5cc(-c6ccccc6)cc(-c6ccccc6)c5)c5ccccc45)c4ccccc34)cc21. The molecule has 1 atom stereocenters. The molecule has 1 unspecified atom stereocenters. The van der Waals surface area contributed by atoms with Crippen LogP contribution in [0.4, 0.5) is 0 Å². The van der Waals surface area contributed by atoms with Crippen LogP contribution in [0.3, 0.4) is 0 Å². The minimum Gasteiger partial charge on any atom is -0.0653 e. The Morgan fingerprint density at radius 1 is 0.257 bits per heavy atom. The molecule has 0 saturated heterocycles. The fourth-order valence-corrected chi connectivity index (χ4v) is 12.1. The van der Waals surface area contributed by atoms with Gasteiger partial charge in [0, 0.05) is 5.41 Å². The molecule has 0 saturated carbocycles. The van der Waals surface area contributed by atoms with E-state index in [1.54, 1.807) is 0 Å². The summed E-state index contributed by atoms with van der Waals surface area (Å²) in [6, 6.07) is 97.4. The van der Waals surface area contributed by atoms with Crippen molar-refractivity contribution in [3.05, 3.63) is 278 Å². The number of hydrogen-bond acceptors (Lipinski definition) is 0. The molecule has 1 aliphatic rings. The lowest BCUT2D eigenvalue weighted by molar-refractivity contribution is 0.563. The molecule has 0 bridgehead atoms. The van der Waals surface area contributed by atoms with Gasteiger partial charge in [0.2, 0.25) is 0 Å². The van der Waals surface area contributed by atoms with Crippen molar-refractivity contribution < 1.29 is 0 Å². The Hall–Kier alpha value is -8.58. The zero-order valence-electron chi connectivity index (χ0n) is 39.2. The summed E-state index contributed by atoms with van der Waals surface area (Å²) in [7, 11) is 0. The van der Waals surface area contributed by atoms with Crippen LogP contribution in [0.2, 0.25) is 0 Å². The molecule has 0 N–H and O–H groups in total. The van der Waals surface area contributed by atoms with Gasteiger partial charge in [-0.15, -0.1) is 0 Å². The summed E-state index contributed by atoms with van der Waals surface area (Å²) in [5.41, 5.74) is 21.3. The lowest BCUT2D eigenvalue weighted by Crippen LogP contribution is -2.27.